The van der Waals surface area contributed by atoms with Gasteiger partial charge in [-0.3, -0.25) is 0 Å². The molecule has 0 aliphatic carbocycles. The number of benzene rings is 4. The summed E-state index contributed by atoms with van der Waals surface area (Å²) in [5, 5.41) is 0. The second kappa shape index (κ2) is 12.1. The van der Waals surface area contributed by atoms with E-state index in [-0.39, 0.29) is 24.0 Å². The number of rotatable bonds is 9. The average molecular weight is 596 g/mol. The van der Waals surface area contributed by atoms with Crippen molar-refractivity contribution in [3.8, 4) is 28.0 Å². The molecular formula is C31H18F10O. The fourth-order valence-corrected chi connectivity index (χ4v) is 4.01. The fourth-order valence-electron chi connectivity index (χ4n) is 4.01. The van der Waals surface area contributed by atoms with E-state index in [0.29, 0.717) is 36.4 Å². The molecule has 0 aromatic heterocycles. The quantitative estimate of drug-likeness (QED) is 0.106. The maximum absolute atomic E-state index is 14.8. The van der Waals surface area contributed by atoms with Crippen LogP contribution in [0.25, 0.3) is 28.1 Å². The highest BCUT2D eigenvalue weighted by molar-refractivity contribution is 5.69. The third kappa shape index (κ3) is 6.35. The lowest BCUT2D eigenvalue weighted by atomic mass is 10.00. The summed E-state index contributed by atoms with van der Waals surface area (Å²) in [4.78, 5) is 0. The molecule has 4 rings (SSSR count). The molecular weight excluding hydrogens is 578 g/mol. The van der Waals surface area contributed by atoms with Gasteiger partial charge in [-0.15, -0.1) is 6.58 Å². The van der Waals surface area contributed by atoms with E-state index in [1.807, 2.05) is 0 Å². The molecule has 0 bridgehead atoms. The van der Waals surface area contributed by atoms with Crippen LogP contribution in [0, 0.1) is 34.9 Å². The minimum Gasteiger partial charge on any atom is -0.429 e. The average Bonchev–Trinajstić information content (AvgIpc) is 2.93. The van der Waals surface area contributed by atoms with Gasteiger partial charge in [0, 0.05) is 29.2 Å². The SMILES string of the molecule is C=CCCC(F)=C(F)c1ccc(-c2ccc(C(F)(F)Oc3ccc(-c4cc(F)c(F)c(F)c4)c(F)c3)c(F)c2)c(F)c1. The lowest BCUT2D eigenvalue weighted by Gasteiger charge is -2.20. The maximum Gasteiger partial charge on any atom is 0.429 e. The topological polar surface area (TPSA) is 9.23 Å². The summed E-state index contributed by atoms with van der Waals surface area (Å²) >= 11 is 0. The molecule has 0 heterocycles. The number of hydrogen-bond donors (Lipinski definition) is 0. The van der Waals surface area contributed by atoms with Gasteiger partial charge in [-0.25, -0.2) is 35.1 Å². The molecule has 0 radical (unpaired) electrons. The van der Waals surface area contributed by atoms with Crippen molar-refractivity contribution in [2.24, 2.45) is 0 Å². The highest BCUT2D eigenvalue weighted by atomic mass is 19.3. The van der Waals surface area contributed by atoms with E-state index in [4.69, 9.17) is 0 Å². The molecule has 42 heavy (non-hydrogen) atoms. The summed E-state index contributed by atoms with van der Waals surface area (Å²) < 4.78 is 147. The van der Waals surface area contributed by atoms with E-state index in [1.165, 1.54) is 6.08 Å². The predicted molar refractivity (Wildman–Crippen MR) is 137 cm³/mol. The Morgan fingerprint density at radius 2 is 1.29 bits per heavy atom. The van der Waals surface area contributed by atoms with Crippen molar-refractivity contribution < 1.29 is 48.6 Å². The lowest BCUT2D eigenvalue weighted by molar-refractivity contribution is -0.187. The highest BCUT2D eigenvalue weighted by Crippen LogP contribution is 2.37. The van der Waals surface area contributed by atoms with Crippen LogP contribution in [0.1, 0.15) is 24.0 Å². The smallest absolute Gasteiger partial charge is 0.429 e. The summed E-state index contributed by atoms with van der Waals surface area (Å²) in [7, 11) is 0. The highest BCUT2D eigenvalue weighted by Gasteiger charge is 2.38. The van der Waals surface area contributed by atoms with Gasteiger partial charge in [-0.1, -0.05) is 24.3 Å². The van der Waals surface area contributed by atoms with Crippen LogP contribution in [0.4, 0.5) is 43.9 Å². The minimum absolute atomic E-state index is 0.151. The Morgan fingerprint density at radius 1 is 0.690 bits per heavy atom. The van der Waals surface area contributed by atoms with Crippen LogP contribution in [0.15, 0.2) is 85.2 Å². The largest absolute Gasteiger partial charge is 0.429 e. The third-order valence-electron chi connectivity index (χ3n) is 6.10. The van der Waals surface area contributed by atoms with Crippen LogP contribution in [0.3, 0.4) is 0 Å². The number of alkyl halides is 2. The van der Waals surface area contributed by atoms with Crippen LogP contribution in [0.5, 0.6) is 5.75 Å². The van der Waals surface area contributed by atoms with Crippen LogP contribution >= 0.6 is 0 Å². The standard InChI is InChI=1S/C31H18F10O/c1-2-3-4-23(32)29(38)17-5-8-20(24(33)12-17)16-6-10-22(26(35)11-16)31(40,41)42-19-7-9-21(25(34)15-19)18-13-27(36)30(39)28(37)14-18/h2,5-15H,1,3-4H2. The van der Waals surface area contributed by atoms with Crippen molar-refractivity contribution in [1.82, 2.24) is 0 Å². The summed E-state index contributed by atoms with van der Waals surface area (Å²) in [5.41, 5.74) is -3.08. The van der Waals surface area contributed by atoms with Gasteiger partial charge < -0.3 is 4.74 Å². The molecule has 0 aliphatic rings. The van der Waals surface area contributed by atoms with E-state index in [0.717, 1.165) is 30.3 Å². The zero-order valence-electron chi connectivity index (χ0n) is 21.2. The van der Waals surface area contributed by atoms with Gasteiger partial charge in [0.15, 0.2) is 23.3 Å². The van der Waals surface area contributed by atoms with Crippen LogP contribution < -0.4 is 4.74 Å². The Kier molecular flexibility index (Phi) is 8.79. The molecule has 0 N–H and O–H groups in total. The van der Waals surface area contributed by atoms with E-state index in [2.05, 4.69) is 11.3 Å². The van der Waals surface area contributed by atoms with Gasteiger partial charge in [-0.05, 0) is 60.0 Å². The third-order valence-corrected chi connectivity index (χ3v) is 6.10. The van der Waals surface area contributed by atoms with Crippen molar-refractivity contribution in [3.05, 3.63) is 131 Å². The molecule has 11 heteroatoms. The molecule has 0 spiro atoms. The normalized spacial score (nSPS) is 12.2. The molecule has 4 aromatic carbocycles. The van der Waals surface area contributed by atoms with Crippen LogP contribution in [-0.2, 0) is 6.11 Å². The minimum atomic E-state index is -4.37. The Morgan fingerprint density at radius 3 is 1.88 bits per heavy atom. The molecule has 218 valence electrons. The summed E-state index contributed by atoms with van der Waals surface area (Å²) in [6.45, 7) is 3.39. The number of halogens is 10. The van der Waals surface area contributed by atoms with Gasteiger partial charge >= 0.3 is 6.11 Å². The first kappa shape index (κ1) is 30.4. The van der Waals surface area contributed by atoms with Gasteiger partial charge in [0.2, 0.25) is 0 Å². The summed E-state index contributed by atoms with van der Waals surface area (Å²) in [6.07, 6.45) is -3.13. The first-order chi connectivity index (χ1) is 19.8. The van der Waals surface area contributed by atoms with Gasteiger partial charge in [0.1, 0.15) is 29.0 Å². The van der Waals surface area contributed by atoms with E-state index in [9.17, 15) is 43.9 Å². The first-order valence-electron chi connectivity index (χ1n) is 12.1. The van der Waals surface area contributed by atoms with Gasteiger partial charge in [0.05, 0.1) is 5.56 Å². The van der Waals surface area contributed by atoms with Crippen molar-refractivity contribution in [1.29, 1.82) is 0 Å². The number of hydrogen-bond acceptors (Lipinski definition) is 1. The molecule has 0 fully saturated rings. The van der Waals surface area contributed by atoms with Crippen molar-refractivity contribution in [2.75, 3.05) is 0 Å². The monoisotopic (exact) mass is 596 g/mol. The summed E-state index contributed by atoms with van der Waals surface area (Å²) in [5.74, 6) is -12.0. The maximum atomic E-state index is 14.8. The van der Waals surface area contributed by atoms with Crippen molar-refractivity contribution in [2.45, 2.75) is 19.0 Å². The molecule has 0 unspecified atom stereocenters. The molecule has 0 saturated carbocycles. The Bertz CT molecular complexity index is 1670. The zero-order chi connectivity index (χ0) is 30.8. The molecule has 0 aliphatic heterocycles. The second-order valence-corrected chi connectivity index (χ2v) is 8.95. The van der Waals surface area contributed by atoms with E-state index in [1.54, 1.807) is 0 Å². The predicted octanol–water partition coefficient (Wildman–Crippen LogP) is 10.6. The zero-order valence-corrected chi connectivity index (χ0v) is 21.2. The van der Waals surface area contributed by atoms with Crippen LogP contribution in [0.2, 0.25) is 0 Å². The molecule has 0 amide bonds. The van der Waals surface area contributed by atoms with E-state index < -0.39 is 80.7 Å². The molecule has 1 nitrogen and oxygen atoms in total. The second-order valence-electron chi connectivity index (χ2n) is 8.95. The summed E-state index contributed by atoms with van der Waals surface area (Å²) in [6, 6.07) is 7.99. The lowest BCUT2D eigenvalue weighted by Crippen LogP contribution is -2.23. The van der Waals surface area contributed by atoms with Gasteiger partial charge in [0.25, 0.3) is 0 Å². The first-order valence-corrected chi connectivity index (χ1v) is 12.1. The number of allylic oxidation sites excluding steroid dienone is 2. The molecule has 0 saturated heterocycles. The Hall–Kier alpha value is -4.54. The van der Waals surface area contributed by atoms with Crippen LogP contribution in [-0.4, -0.2) is 0 Å². The molecule has 0 atom stereocenters. The Balaban J connectivity index is 1.57. The van der Waals surface area contributed by atoms with Crippen molar-refractivity contribution >= 4 is 5.83 Å². The van der Waals surface area contributed by atoms with Gasteiger partial charge in [-0.2, -0.15) is 8.78 Å². The van der Waals surface area contributed by atoms with Crippen molar-refractivity contribution in [3.63, 3.8) is 0 Å². The van der Waals surface area contributed by atoms with E-state index >= 15 is 0 Å². The Labute approximate surface area is 233 Å². The fraction of sp³-hybridized carbons (Fsp3) is 0.0968. The number of ether oxygens (including phenoxy) is 1. The molecule has 4 aromatic rings.